The molecule has 2 aliphatic rings. The third-order valence-electron chi connectivity index (χ3n) is 2.53. The van der Waals surface area contributed by atoms with Crippen LogP contribution in [0.4, 0.5) is 0 Å². The van der Waals surface area contributed by atoms with Crippen LogP contribution in [0.1, 0.15) is 20.3 Å². The molecule has 0 spiro atoms. The molecule has 4 nitrogen and oxygen atoms in total. The molecule has 0 aromatic heterocycles. The SMILES string of the molecule is CC.CN1CCN(C2=NC=CCC=N2)CC1. The Balaban J connectivity index is 0.000000606. The van der Waals surface area contributed by atoms with E-state index in [0.29, 0.717) is 0 Å². The maximum atomic E-state index is 4.34. The van der Waals surface area contributed by atoms with Gasteiger partial charge >= 0.3 is 0 Å². The van der Waals surface area contributed by atoms with Crippen molar-refractivity contribution in [2.75, 3.05) is 33.2 Å². The smallest absolute Gasteiger partial charge is 0.225 e. The van der Waals surface area contributed by atoms with Crippen molar-refractivity contribution in [3.05, 3.63) is 12.3 Å². The standard InChI is InChI=1S/C10H16N4.C2H6/c1-13-6-8-14(9-7-13)10-11-4-2-3-5-12-10;1-2/h2,4-5H,3,6-9H2,1H3;1-2H3. The molecule has 0 N–H and O–H groups in total. The van der Waals surface area contributed by atoms with Gasteiger partial charge in [-0.15, -0.1) is 0 Å². The van der Waals surface area contributed by atoms with E-state index in [1.165, 1.54) is 0 Å². The molecule has 2 heterocycles. The van der Waals surface area contributed by atoms with Gasteiger partial charge < -0.3 is 9.80 Å². The van der Waals surface area contributed by atoms with Crippen LogP contribution in [-0.2, 0) is 0 Å². The zero-order valence-electron chi connectivity index (χ0n) is 10.6. The van der Waals surface area contributed by atoms with Crippen molar-refractivity contribution < 1.29 is 0 Å². The monoisotopic (exact) mass is 222 g/mol. The third-order valence-corrected chi connectivity index (χ3v) is 2.53. The van der Waals surface area contributed by atoms with Crippen LogP contribution in [0.5, 0.6) is 0 Å². The Morgan fingerprint density at radius 1 is 1.12 bits per heavy atom. The van der Waals surface area contributed by atoms with Crippen LogP contribution in [-0.4, -0.2) is 55.2 Å². The summed E-state index contributed by atoms with van der Waals surface area (Å²) in [5, 5.41) is 0. The first-order chi connectivity index (χ1) is 7.86. The molecule has 1 saturated heterocycles. The minimum Gasteiger partial charge on any atom is -0.338 e. The number of likely N-dealkylation sites (N-methyl/N-ethyl adjacent to an activating group) is 1. The Morgan fingerprint density at radius 2 is 1.81 bits per heavy atom. The number of aliphatic imine (C=N–C) groups is 2. The minimum absolute atomic E-state index is 0.867. The molecule has 2 rings (SSSR count). The second kappa shape index (κ2) is 7.17. The number of hydrogen-bond donors (Lipinski definition) is 0. The fourth-order valence-corrected chi connectivity index (χ4v) is 1.58. The van der Waals surface area contributed by atoms with Gasteiger partial charge in [-0.25, -0.2) is 9.98 Å². The zero-order valence-corrected chi connectivity index (χ0v) is 10.6. The first kappa shape index (κ1) is 12.9. The number of piperazine rings is 1. The highest BCUT2D eigenvalue weighted by molar-refractivity contribution is 5.89. The molecule has 0 aromatic rings. The summed E-state index contributed by atoms with van der Waals surface area (Å²) in [5.41, 5.74) is 0. The Bertz CT molecular complexity index is 273. The zero-order chi connectivity index (χ0) is 11.8. The van der Waals surface area contributed by atoms with Crippen molar-refractivity contribution >= 4 is 12.2 Å². The van der Waals surface area contributed by atoms with Crippen molar-refractivity contribution in [1.29, 1.82) is 0 Å². The molecule has 0 aliphatic carbocycles. The van der Waals surface area contributed by atoms with Crippen LogP contribution >= 0.6 is 0 Å². The molecule has 0 radical (unpaired) electrons. The van der Waals surface area contributed by atoms with Crippen molar-refractivity contribution in [1.82, 2.24) is 9.80 Å². The van der Waals surface area contributed by atoms with Crippen molar-refractivity contribution in [2.24, 2.45) is 9.98 Å². The Labute approximate surface area is 98.4 Å². The molecule has 2 aliphatic heterocycles. The minimum atomic E-state index is 0.867. The summed E-state index contributed by atoms with van der Waals surface area (Å²) in [6.07, 6.45) is 6.68. The average molecular weight is 222 g/mol. The van der Waals surface area contributed by atoms with E-state index in [1.54, 1.807) is 0 Å². The van der Waals surface area contributed by atoms with Crippen molar-refractivity contribution in [2.45, 2.75) is 20.3 Å². The van der Waals surface area contributed by atoms with Gasteiger partial charge in [-0.3, -0.25) is 0 Å². The molecule has 90 valence electrons. The van der Waals surface area contributed by atoms with Crippen LogP contribution in [0.3, 0.4) is 0 Å². The van der Waals surface area contributed by atoms with Gasteiger partial charge in [0.2, 0.25) is 5.96 Å². The van der Waals surface area contributed by atoms with Crippen molar-refractivity contribution in [3.63, 3.8) is 0 Å². The van der Waals surface area contributed by atoms with E-state index in [2.05, 4.69) is 26.8 Å². The fraction of sp³-hybridized carbons (Fsp3) is 0.667. The summed E-state index contributed by atoms with van der Waals surface area (Å²) in [4.78, 5) is 13.2. The second-order valence-corrected chi connectivity index (χ2v) is 3.65. The Kier molecular flexibility index (Phi) is 5.78. The number of allylic oxidation sites excluding steroid dienone is 1. The molecular formula is C12H22N4. The topological polar surface area (TPSA) is 31.2 Å². The summed E-state index contributed by atoms with van der Waals surface area (Å²) in [6, 6.07) is 0. The summed E-state index contributed by atoms with van der Waals surface area (Å²) in [6.45, 7) is 8.25. The van der Waals surface area contributed by atoms with Gasteiger partial charge in [0.15, 0.2) is 0 Å². The van der Waals surface area contributed by atoms with E-state index >= 15 is 0 Å². The van der Waals surface area contributed by atoms with Crippen LogP contribution in [0.15, 0.2) is 22.3 Å². The molecule has 0 aromatic carbocycles. The summed E-state index contributed by atoms with van der Waals surface area (Å²) < 4.78 is 0. The first-order valence-electron chi connectivity index (χ1n) is 6.05. The normalized spacial score (nSPS) is 20.9. The Morgan fingerprint density at radius 3 is 2.50 bits per heavy atom. The lowest BCUT2D eigenvalue weighted by Crippen LogP contribution is -2.46. The number of guanidine groups is 1. The highest BCUT2D eigenvalue weighted by atomic mass is 15.3. The summed E-state index contributed by atoms with van der Waals surface area (Å²) in [5.74, 6) is 0.867. The largest absolute Gasteiger partial charge is 0.338 e. The maximum absolute atomic E-state index is 4.34. The molecule has 0 unspecified atom stereocenters. The van der Waals surface area contributed by atoms with Crippen LogP contribution in [0, 0.1) is 0 Å². The molecule has 0 atom stereocenters. The summed E-state index contributed by atoms with van der Waals surface area (Å²) >= 11 is 0. The van der Waals surface area contributed by atoms with Gasteiger partial charge in [0.1, 0.15) is 0 Å². The van der Waals surface area contributed by atoms with Crippen LogP contribution in [0.25, 0.3) is 0 Å². The van der Waals surface area contributed by atoms with Gasteiger partial charge in [-0.05, 0) is 7.05 Å². The lowest BCUT2D eigenvalue weighted by Gasteiger charge is -2.32. The highest BCUT2D eigenvalue weighted by Crippen LogP contribution is 2.03. The first-order valence-corrected chi connectivity index (χ1v) is 6.05. The maximum Gasteiger partial charge on any atom is 0.225 e. The fourth-order valence-electron chi connectivity index (χ4n) is 1.58. The van der Waals surface area contributed by atoms with Gasteiger partial charge in [0, 0.05) is 45.0 Å². The molecule has 0 saturated carbocycles. The number of nitrogens with zero attached hydrogens (tertiary/aromatic N) is 4. The van der Waals surface area contributed by atoms with E-state index < -0.39 is 0 Å². The Hall–Kier alpha value is -1.16. The molecular weight excluding hydrogens is 200 g/mol. The van der Waals surface area contributed by atoms with Gasteiger partial charge in [-0.1, -0.05) is 19.9 Å². The molecule has 0 amide bonds. The quantitative estimate of drug-likeness (QED) is 0.623. The van der Waals surface area contributed by atoms with E-state index in [1.807, 2.05) is 32.3 Å². The summed E-state index contributed by atoms with van der Waals surface area (Å²) in [7, 11) is 2.15. The second-order valence-electron chi connectivity index (χ2n) is 3.65. The molecule has 0 bridgehead atoms. The van der Waals surface area contributed by atoms with Gasteiger partial charge in [0.25, 0.3) is 0 Å². The average Bonchev–Trinajstić information content (AvgIpc) is 2.61. The van der Waals surface area contributed by atoms with Gasteiger partial charge in [-0.2, -0.15) is 0 Å². The van der Waals surface area contributed by atoms with Crippen molar-refractivity contribution in [3.8, 4) is 0 Å². The lowest BCUT2D eigenvalue weighted by atomic mass is 10.3. The number of rotatable bonds is 0. The third kappa shape index (κ3) is 3.77. The van der Waals surface area contributed by atoms with E-state index in [0.717, 1.165) is 38.6 Å². The van der Waals surface area contributed by atoms with E-state index in [9.17, 15) is 0 Å². The molecule has 16 heavy (non-hydrogen) atoms. The molecule has 4 heteroatoms. The number of hydrogen-bond acceptors (Lipinski definition) is 4. The van der Waals surface area contributed by atoms with Crippen LogP contribution in [0.2, 0.25) is 0 Å². The lowest BCUT2D eigenvalue weighted by molar-refractivity contribution is 0.214. The molecule has 1 fully saturated rings. The predicted molar refractivity (Wildman–Crippen MR) is 70.1 cm³/mol. The van der Waals surface area contributed by atoms with E-state index in [-0.39, 0.29) is 0 Å². The van der Waals surface area contributed by atoms with Gasteiger partial charge in [0.05, 0.1) is 0 Å². The highest BCUT2D eigenvalue weighted by Gasteiger charge is 2.16. The van der Waals surface area contributed by atoms with Crippen LogP contribution < -0.4 is 0 Å². The van der Waals surface area contributed by atoms with E-state index in [4.69, 9.17) is 0 Å². The predicted octanol–water partition coefficient (Wildman–Crippen LogP) is 1.60.